The van der Waals surface area contributed by atoms with Crippen LogP contribution in [0.1, 0.15) is 30.5 Å². The smallest absolute Gasteiger partial charge is 0.0432 e. The van der Waals surface area contributed by atoms with Gasteiger partial charge in [0.05, 0.1) is 0 Å². The minimum Gasteiger partial charge on any atom is -0.367 e. The molecule has 2 aromatic carbocycles. The molecule has 2 heteroatoms. The first kappa shape index (κ1) is 14.2. The summed E-state index contributed by atoms with van der Waals surface area (Å²) in [4.78, 5) is 2.50. The van der Waals surface area contributed by atoms with E-state index >= 15 is 0 Å². The van der Waals surface area contributed by atoms with Crippen molar-refractivity contribution in [3.05, 3.63) is 65.2 Å². The van der Waals surface area contributed by atoms with Crippen molar-refractivity contribution in [3.8, 4) is 0 Å². The monoisotopic (exact) mass is 280 g/mol. The minimum atomic E-state index is 0.519. The van der Waals surface area contributed by atoms with Crippen LogP contribution >= 0.6 is 0 Å². The molecule has 0 bridgehead atoms. The van der Waals surface area contributed by atoms with Crippen LogP contribution in [0.3, 0.4) is 0 Å². The zero-order chi connectivity index (χ0) is 14.7. The van der Waals surface area contributed by atoms with E-state index in [0.717, 1.165) is 19.6 Å². The molecule has 0 amide bonds. The Labute approximate surface area is 127 Å². The molecule has 0 radical (unpaired) electrons. The van der Waals surface area contributed by atoms with E-state index in [-0.39, 0.29) is 0 Å². The second-order valence-corrected chi connectivity index (χ2v) is 6.10. The van der Waals surface area contributed by atoms with Gasteiger partial charge in [0.1, 0.15) is 0 Å². The molecule has 0 saturated heterocycles. The maximum Gasteiger partial charge on any atom is 0.0432 e. The van der Waals surface area contributed by atoms with Crippen molar-refractivity contribution in [1.29, 1.82) is 0 Å². The summed E-state index contributed by atoms with van der Waals surface area (Å²) in [5.74, 6) is 0. The van der Waals surface area contributed by atoms with Gasteiger partial charge < -0.3 is 10.2 Å². The molecule has 0 aromatic heterocycles. The van der Waals surface area contributed by atoms with E-state index in [1.165, 1.54) is 28.8 Å². The first-order valence-electron chi connectivity index (χ1n) is 7.87. The average molecular weight is 280 g/mol. The highest BCUT2D eigenvalue weighted by Gasteiger charge is 2.19. The van der Waals surface area contributed by atoms with Crippen molar-refractivity contribution >= 4 is 5.69 Å². The van der Waals surface area contributed by atoms with Crippen molar-refractivity contribution in [1.82, 2.24) is 5.32 Å². The molecule has 2 nitrogen and oxygen atoms in total. The van der Waals surface area contributed by atoms with Gasteiger partial charge in [-0.25, -0.2) is 0 Å². The van der Waals surface area contributed by atoms with Crippen LogP contribution in [0.5, 0.6) is 0 Å². The van der Waals surface area contributed by atoms with Crippen LogP contribution < -0.4 is 10.2 Å². The Hall–Kier alpha value is -1.80. The van der Waals surface area contributed by atoms with Crippen LogP contribution in [-0.2, 0) is 19.5 Å². The standard InChI is InChI=1S/C19H24N2/c1-15(2)20-13-17-8-3-4-9-18(17)14-21-12-11-16-7-5-6-10-19(16)21/h3-10,15,20H,11-14H2,1-2H3. The predicted molar refractivity (Wildman–Crippen MR) is 89.6 cm³/mol. The van der Waals surface area contributed by atoms with E-state index in [2.05, 4.69) is 72.6 Å². The highest BCUT2D eigenvalue weighted by Crippen LogP contribution is 2.29. The van der Waals surface area contributed by atoms with Crippen LogP contribution in [0.25, 0.3) is 0 Å². The number of anilines is 1. The van der Waals surface area contributed by atoms with Crippen molar-refractivity contribution in [2.45, 2.75) is 39.4 Å². The Morgan fingerprint density at radius 1 is 1.00 bits per heavy atom. The highest BCUT2D eigenvalue weighted by molar-refractivity contribution is 5.58. The Morgan fingerprint density at radius 2 is 1.71 bits per heavy atom. The van der Waals surface area contributed by atoms with Crippen molar-refractivity contribution in [3.63, 3.8) is 0 Å². The van der Waals surface area contributed by atoms with Crippen LogP contribution in [0.2, 0.25) is 0 Å². The first-order valence-corrected chi connectivity index (χ1v) is 7.87. The second kappa shape index (κ2) is 6.31. The van der Waals surface area contributed by atoms with E-state index in [1.54, 1.807) is 0 Å². The molecule has 0 aliphatic carbocycles. The zero-order valence-corrected chi connectivity index (χ0v) is 13.0. The van der Waals surface area contributed by atoms with E-state index in [9.17, 15) is 0 Å². The van der Waals surface area contributed by atoms with Crippen molar-refractivity contribution in [2.75, 3.05) is 11.4 Å². The Bertz CT molecular complexity index is 604. The summed E-state index contributed by atoms with van der Waals surface area (Å²) < 4.78 is 0. The zero-order valence-electron chi connectivity index (χ0n) is 13.0. The Balaban J connectivity index is 1.77. The van der Waals surface area contributed by atoms with Crippen LogP contribution in [0.4, 0.5) is 5.69 Å². The summed E-state index contributed by atoms with van der Waals surface area (Å²) in [7, 11) is 0. The van der Waals surface area contributed by atoms with Gasteiger partial charge in [0.15, 0.2) is 0 Å². The Kier molecular flexibility index (Phi) is 4.26. The third-order valence-corrected chi connectivity index (χ3v) is 4.16. The molecule has 0 fully saturated rings. The summed E-state index contributed by atoms with van der Waals surface area (Å²) in [6.45, 7) is 7.47. The fourth-order valence-corrected chi connectivity index (χ4v) is 2.97. The molecule has 110 valence electrons. The largest absolute Gasteiger partial charge is 0.367 e. The lowest BCUT2D eigenvalue weighted by atomic mass is 10.1. The molecule has 1 aliphatic rings. The van der Waals surface area contributed by atoms with E-state index in [4.69, 9.17) is 0 Å². The average Bonchev–Trinajstić information content (AvgIpc) is 2.90. The van der Waals surface area contributed by atoms with Crippen LogP contribution in [0, 0.1) is 0 Å². The number of hydrogen-bond acceptors (Lipinski definition) is 2. The number of fused-ring (bicyclic) bond motifs is 1. The van der Waals surface area contributed by atoms with Gasteiger partial charge in [0.25, 0.3) is 0 Å². The number of nitrogens with zero attached hydrogens (tertiary/aromatic N) is 1. The van der Waals surface area contributed by atoms with E-state index in [0.29, 0.717) is 6.04 Å². The number of hydrogen-bond donors (Lipinski definition) is 1. The van der Waals surface area contributed by atoms with Gasteiger partial charge in [-0.1, -0.05) is 56.3 Å². The summed E-state index contributed by atoms with van der Waals surface area (Å²) in [5, 5.41) is 3.53. The number of rotatable bonds is 5. The summed E-state index contributed by atoms with van der Waals surface area (Å²) in [6, 6.07) is 18.1. The quantitative estimate of drug-likeness (QED) is 0.897. The van der Waals surface area contributed by atoms with Gasteiger partial charge in [0, 0.05) is 31.4 Å². The third kappa shape index (κ3) is 3.27. The first-order chi connectivity index (χ1) is 10.2. The third-order valence-electron chi connectivity index (χ3n) is 4.16. The maximum absolute atomic E-state index is 3.53. The summed E-state index contributed by atoms with van der Waals surface area (Å²) in [5.41, 5.74) is 5.73. The normalized spacial score (nSPS) is 13.8. The molecule has 0 saturated carbocycles. The fraction of sp³-hybridized carbons (Fsp3) is 0.368. The molecular weight excluding hydrogens is 256 g/mol. The molecule has 0 atom stereocenters. The molecule has 0 unspecified atom stereocenters. The van der Waals surface area contributed by atoms with E-state index in [1.807, 2.05) is 0 Å². The van der Waals surface area contributed by atoms with Gasteiger partial charge in [-0.3, -0.25) is 0 Å². The molecule has 0 spiro atoms. The molecule has 1 N–H and O–H groups in total. The predicted octanol–water partition coefficient (Wildman–Crippen LogP) is 3.75. The van der Waals surface area contributed by atoms with Crippen LogP contribution in [0.15, 0.2) is 48.5 Å². The molecule has 1 aliphatic heterocycles. The number of nitrogens with one attached hydrogen (secondary N) is 1. The second-order valence-electron chi connectivity index (χ2n) is 6.10. The number of benzene rings is 2. The fourth-order valence-electron chi connectivity index (χ4n) is 2.97. The highest BCUT2D eigenvalue weighted by atomic mass is 15.1. The lowest BCUT2D eigenvalue weighted by Gasteiger charge is -2.22. The molecule has 1 heterocycles. The van der Waals surface area contributed by atoms with Gasteiger partial charge >= 0.3 is 0 Å². The van der Waals surface area contributed by atoms with Gasteiger partial charge in [-0.15, -0.1) is 0 Å². The molecular formula is C19H24N2. The molecule has 3 rings (SSSR count). The van der Waals surface area contributed by atoms with Gasteiger partial charge in [0.2, 0.25) is 0 Å². The minimum absolute atomic E-state index is 0.519. The van der Waals surface area contributed by atoms with Gasteiger partial charge in [-0.05, 0) is 29.2 Å². The topological polar surface area (TPSA) is 15.3 Å². The lowest BCUT2D eigenvalue weighted by Crippen LogP contribution is -2.24. The SMILES string of the molecule is CC(C)NCc1ccccc1CN1CCc2ccccc21. The van der Waals surface area contributed by atoms with Crippen LogP contribution in [-0.4, -0.2) is 12.6 Å². The Morgan fingerprint density at radius 3 is 2.52 bits per heavy atom. The molecule has 2 aromatic rings. The number of para-hydroxylation sites is 1. The summed E-state index contributed by atoms with van der Waals surface area (Å²) in [6.07, 6.45) is 1.17. The van der Waals surface area contributed by atoms with E-state index < -0.39 is 0 Å². The lowest BCUT2D eigenvalue weighted by molar-refractivity contribution is 0.585. The van der Waals surface area contributed by atoms with Gasteiger partial charge in [-0.2, -0.15) is 0 Å². The molecule has 21 heavy (non-hydrogen) atoms. The van der Waals surface area contributed by atoms with Crippen molar-refractivity contribution in [2.24, 2.45) is 0 Å². The maximum atomic E-state index is 3.53. The van der Waals surface area contributed by atoms with Crippen molar-refractivity contribution < 1.29 is 0 Å². The summed E-state index contributed by atoms with van der Waals surface area (Å²) >= 11 is 0.